The summed E-state index contributed by atoms with van der Waals surface area (Å²) in [6.07, 6.45) is 7.55. The number of pyridine rings is 1. The van der Waals surface area contributed by atoms with E-state index in [4.69, 9.17) is 16.6 Å². The number of rotatable bonds is 8. The number of nitrogens with one attached hydrogen (secondary N) is 1. The van der Waals surface area contributed by atoms with Crippen molar-refractivity contribution in [1.29, 1.82) is 0 Å². The van der Waals surface area contributed by atoms with Crippen LogP contribution in [0.5, 0.6) is 0 Å². The van der Waals surface area contributed by atoms with Crippen LogP contribution in [0.2, 0.25) is 5.15 Å². The predicted octanol–water partition coefficient (Wildman–Crippen LogP) is 5.18. The molecule has 0 amide bonds. The monoisotopic (exact) mass is 593 g/mol. The molecule has 2 atom stereocenters. The third-order valence-electron chi connectivity index (χ3n) is 8.11. The van der Waals surface area contributed by atoms with Gasteiger partial charge >= 0.3 is 0 Å². The lowest BCUT2D eigenvalue weighted by Gasteiger charge is -2.48. The first-order chi connectivity index (χ1) is 19.5. The molecule has 0 unspecified atom stereocenters. The van der Waals surface area contributed by atoms with Gasteiger partial charge in [0.15, 0.2) is 11.0 Å². The van der Waals surface area contributed by atoms with Crippen LogP contribution in [-0.2, 0) is 14.6 Å². The summed E-state index contributed by atoms with van der Waals surface area (Å²) in [5.41, 5.74) is 2.86. The molecule has 1 N–H and O–H groups in total. The Morgan fingerprint density at radius 2 is 1.90 bits per heavy atom. The summed E-state index contributed by atoms with van der Waals surface area (Å²) < 4.78 is 25.4. The minimum atomic E-state index is -3.03. The molecule has 6 rings (SSSR count). The van der Waals surface area contributed by atoms with Crippen LogP contribution in [-0.4, -0.2) is 63.5 Å². The number of halogens is 1. The van der Waals surface area contributed by atoms with Crippen LogP contribution in [0.1, 0.15) is 51.1 Å². The summed E-state index contributed by atoms with van der Waals surface area (Å²) in [6.45, 7) is 7.11. The van der Waals surface area contributed by atoms with E-state index in [0.29, 0.717) is 53.5 Å². The van der Waals surface area contributed by atoms with Crippen LogP contribution in [0.3, 0.4) is 0 Å². The SMILES string of the molecule is CC(C)c1ccc(N2C[C@H](CS(C)(=O)=O)[C@H]2C)c2cnc(Nc3ccnc(-c4cn(C5CC(=O)C5)nc4Cl)n3)cc12. The summed E-state index contributed by atoms with van der Waals surface area (Å²) in [7, 11) is -3.03. The Balaban J connectivity index is 1.28. The quantitative estimate of drug-likeness (QED) is 0.294. The van der Waals surface area contributed by atoms with E-state index >= 15 is 0 Å². The molecule has 4 aromatic rings. The third-order valence-corrected chi connectivity index (χ3v) is 9.42. The number of sulfone groups is 1. The first-order valence-electron chi connectivity index (χ1n) is 13.7. The molecule has 1 saturated heterocycles. The fourth-order valence-electron chi connectivity index (χ4n) is 5.70. The van der Waals surface area contributed by atoms with Gasteiger partial charge in [-0.15, -0.1) is 0 Å². The minimum Gasteiger partial charge on any atom is -0.368 e. The van der Waals surface area contributed by atoms with Crippen LogP contribution in [0.4, 0.5) is 17.3 Å². The summed E-state index contributed by atoms with van der Waals surface area (Å²) >= 11 is 6.41. The molecule has 12 heteroatoms. The lowest BCUT2D eigenvalue weighted by Crippen LogP contribution is -2.57. The van der Waals surface area contributed by atoms with E-state index in [0.717, 1.165) is 16.5 Å². The van der Waals surface area contributed by atoms with Crippen molar-refractivity contribution >= 4 is 55.3 Å². The van der Waals surface area contributed by atoms with E-state index in [1.54, 1.807) is 23.1 Å². The van der Waals surface area contributed by atoms with Gasteiger partial charge in [0.2, 0.25) is 0 Å². The van der Waals surface area contributed by atoms with Crippen molar-refractivity contribution in [2.45, 2.75) is 51.6 Å². The predicted molar refractivity (Wildman–Crippen MR) is 161 cm³/mol. The van der Waals surface area contributed by atoms with Crippen LogP contribution in [0.15, 0.2) is 42.9 Å². The van der Waals surface area contributed by atoms with E-state index < -0.39 is 9.84 Å². The van der Waals surface area contributed by atoms with Gasteiger partial charge in [0.25, 0.3) is 0 Å². The first-order valence-corrected chi connectivity index (χ1v) is 16.1. The molecule has 10 nitrogen and oxygen atoms in total. The van der Waals surface area contributed by atoms with E-state index in [2.05, 4.69) is 58.2 Å². The molecule has 0 spiro atoms. The number of nitrogens with zero attached hydrogens (tertiary/aromatic N) is 6. The van der Waals surface area contributed by atoms with Crippen LogP contribution in [0.25, 0.3) is 22.2 Å². The highest BCUT2D eigenvalue weighted by molar-refractivity contribution is 7.90. The fraction of sp³-hybridized carbons (Fsp3) is 0.414. The van der Waals surface area contributed by atoms with Crippen molar-refractivity contribution in [2.24, 2.45) is 5.92 Å². The smallest absolute Gasteiger partial charge is 0.166 e. The van der Waals surface area contributed by atoms with Crippen molar-refractivity contribution < 1.29 is 13.2 Å². The van der Waals surface area contributed by atoms with E-state index in [1.165, 1.54) is 11.8 Å². The average Bonchev–Trinajstić information content (AvgIpc) is 3.28. The number of fused-ring (bicyclic) bond motifs is 1. The highest BCUT2D eigenvalue weighted by Gasteiger charge is 2.38. The standard InChI is InChI=1S/C29H32ClN7O3S/c1-16(2)21-5-6-25(36-13-18(17(36)3)15-41(4,39)40)23-12-32-27(11-22(21)23)33-26-7-8-31-29(34-26)24-14-37(35-28(24)30)19-9-20(38)10-19/h5-8,11-12,14,16-19H,9-10,13,15H2,1-4H3,(H,31,32,33,34)/t17-,18-/m1/s1. The van der Waals surface area contributed by atoms with Gasteiger partial charge in [0, 0.05) is 67.3 Å². The van der Waals surface area contributed by atoms with Crippen molar-refractivity contribution in [3.8, 4) is 11.4 Å². The van der Waals surface area contributed by atoms with Gasteiger partial charge in [-0.2, -0.15) is 5.10 Å². The average molecular weight is 594 g/mol. The van der Waals surface area contributed by atoms with Gasteiger partial charge in [0.1, 0.15) is 27.3 Å². The Morgan fingerprint density at radius 3 is 2.59 bits per heavy atom. The Morgan fingerprint density at radius 1 is 1.12 bits per heavy atom. The molecule has 4 heterocycles. The Bertz CT molecular complexity index is 1760. The molecular weight excluding hydrogens is 562 g/mol. The van der Waals surface area contributed by atoms with Crippen molar-refractivity contribution in [3.05, 3.63) is 53.6 Å². The maximum Gasteiger partial charge on any atom is 0.166 e. The zero-order valence-electron chi connectivity index (χ0n) is 23.4. The number of Topliss-reactive ketones (excluding diaryl/α,β-unsaturated/α-hetero) is 1. The highest BCUT2D eigenvalue weighted by atomic mass is 35.5. The highest BCUT2D eigenvalue weighted by Crippen LogP contribution is 2.40. The lowest BCUT2D eigenvalue weighted by atomic mass is 9.88. The van der Waals surface area contributed by atoms with Crippen LogP contribution in [0, 0.1) is 5.92 Å². The van der Waals surface area contributed by atoms with E-state index in [9.17, 15) is 13.2 Å². The van der Waals surface area contributed by atoms with Crippen LogP contribution < -0.4 is 10.2 Å². The number of ketones is 1. The molecule has 0 radical (unpaired) electrons. The van der Waals surface area contributed by atoms with E-state index in [1.807, 2.05) is 12.3 Å². The molecule has 0 bridgehead atoms. The fourth-order valence-corrected chi connectivity index (χ4v) is 7.09. The number of anilines is 3. The molecule has 2 fully saturated rings. The second-order valence-corrected chi connectivity index (χ2v) is 14.0. The van der Waals surface area contributed by atoms with Gasteiger partial charge in [-0.25, -0.2) is 23.4 Å². The van der Waals surface area contributed by atoms with Gasteiger partial charge in [-0.3, -0.25) is 9.48 Å². The topological polar surface area (TPSA) is 123 Å². The minimum absolute atomic E-state index is 0.0294. The van der Waals surface area contributed by atoms with Crippen molar-refractivity contribution in [3.63, 3.8) is 0 Å². The summed E-state index contributed by atoms with van der Waals surface area (Å²) in [5, 5.41) is 10.1. The van der Waals surface area contributed by atoms with Crippen LogP contribution >= 0.6 is 11.6 Å². The van der Waals surface area contributed by atoms with Crippen molar-refractivity contribution in [2.75, 3.05) is 28.8 Å². The zero-order chi connectivity index (χ0) is 29.1. The molecule has 214 valence electrons. The summed E-state index contributed by atoms with van der Waals surface area (Å²) in [6, 6.07) is 8.23. The molecule has 1 aliphatic heterocycles. The van der Waals surface area contributed by atoms with Gasteiger partial charge < -0.3 is 10.2 Å². The van der Waals surface area contributed by atoms with Gasteiger partial charge in [0.05, 0.1) is 17.4 Å². The number of hydrogen-bond acceptors (Lipinski definition) is 9. The molecule has 41 heavy (non-hydrogen) atoms. The Hall–Kier alpha value is -3.57. The lowest BCUT2D eigenvalue weighted by molar-refractivity contribution is -0.126. The molecule has 1 saturated carbocycles. The van der Waals surface area contributed by atoms with Crippen molar-refractivity contribution in [1.82, 2.24) is 24.7 Å². The first kappa shape index (κ1) is 27.6. The summed E-state index contributed by atoms with van der Waals surface area (Å²) in [5.74, 6) is 2.46. The third kappa shape index (κ3) is 5.40. The molecule has 1 aromatic carbocycles. The largest absolute Gasteiger partial charge is 0.368 e. The number of aromatic nitrogens is 5. The van der Waals surface area contributed by atoms with E-state index in [-0.39, 0.29) is 29.5 Å². The number of benzene rings is 1. The maximum atomic E-state index is 11.8. The maximum absolute atomic E-state index is 11.8. The van der Waals surface area contributed by atoms with Gasteiger partial charge in [-0.1, -0.05) is 31.5 Å². The normalized spacial score (nSPS) is 19.5. The molecular formula is C29H32ClN7O3S. The second-order valence-electron chi connectivity index (χ2n) is 11.5. The summed E-state index contributed by atoms with van der Waals surface area (Å²) in [4.78, 5) is 27.4. The molecule has 3 aromatic heterocycles. The number of carbonyl (C=O) groups excluding carboxylic acids is 1. The number of hydrogen-bond donors (Lipinski definition) is 1. The van der Waals surface area contributed by atoms with Gasteiger partial charge in [-0.05, 0) is 42.0 Å². The Kier molecular flexibility index (Phi) is 6.97. The second kappa shape index (κ2) is 10.4. The Labute approximate surface area is 244 Å². The molecule has 2 aliphatic rings. The zero-order valence-corrected chi connectivity index (χ0v) is 24.9. The molecule has 1 aliphatic carbocycles. The number of carbonyl (C=O) groups is 1.